The molecule has 1 aliphatic carbocycles. The predicted molar refractivity (Wildman–Crippen MR) is 62.1 cm³/mol. The molecule has 0 aromatic rings. The third-order valence-electron chi connectivity index (χ3n) is 2.79. The summed E-state index contributed by atoms with van der Waals surface area (Å²) in [5.41, 5.74) is -0.530. The summed E-state index contributed by atoms with van der Waals surface area (Å²) < 4.78 is 4.74. The van der Waals surface area contributed by atoms with Gasteiger partial charge in [0.25, 0.3) is 0 Å². The van der Waals surface area contributed by atoms with E-state index >= 15 is 0 Å². The SMILES string of the molecule is CCOC(=O)/C=C/CNCC1(O)CCCC1. The van der Waals surface area contributed by atoms with Crippen LogP contribution in [-0.4, -0.2) is 36.4 Å². The third kappa shape index (κ3) is 4.77. The lowest BCUT2D eigenvalue weighted by atomic mass is 10.0. The zero-order chi connectivity index (χ0) is 11.9. The molecule has 4 nitrogen and oxygen atoms in total. The normalized spacial score (nSPS) is 19.1. The Bertz CT molecular complexity index is 245. The Labute approximate surface area is 96.7 Å². The molecule has 1 aliphatic rings. The van der Waals surface area contributed by atoms with Gasteiger partial charge in [-0.15, -0.1) is 0 Å². The summed E-state index contributed by atoms with van der Waals surface area (Å²) in [5, 5.41) is 13.1. The second-order valence-electron chi connectivity index (χ2n) is 4.22. The van der Waals surface area contributed by atoms with Gasteiger partial charge in [-0.2, -0.15) is 0 Å². The number of carbonyl (C=O) groups is 1. The van der Waals surface area contributed by atoms with Gasteiger partial charge in [-0.1, -0.05) is 18.9 Å². The van der Waals surface area contributed by atoms with E-state index < -0.39 is 5.60 Å². The quantitative estimate of drug-likeness (QED) is 0.404. The molecule has 1 saturated carbocycles. The molecule has 0 bridgehead atoms. The summed E-state index contributed by atoms with van der Waals surface area (Å²) in [6.45, 7) is 3.36. The highest BCUT2D eigenvalue weighted by Crippen LogP contribution is 2.28. The van der Waals surface area contributed by atoms with Crippen LogP contribution in [0.1, 0.15) is 32.6 Å². The lowest BCUT2D eigenvalue weighted by molar-refractivity contribution is -0.137. The van der Waals surface area contributed by atoms with Crippen LogP contribution in [0.5, 0.6) is 0 Å². The van der Waals surface area contributed by atoms with Gasteiger partial charge in [-0.3, -0.25) is 0 Å². The van der Waals surface area contributed by atoms with Crippen molar-refractivity contribution in [2.75, 3.05) is 19.7 Å². The molecule has 0 unspecified atom stereocenters. The minimum atomic E-state index is -0.530. The van der Waals surface area contributed by atoms with Crippen molar-refractivity contribution in [2.45, 2.75) is 38.2 Å². The van der Waals surface area contributed by atoms with Crippen LogP contribution in [0.15, 0.2) is 12.2 Å². The molecule has 2 N–H and O–H groups in total. The molecule has 0 saturated heterocycles. The van der Waals surface area contributed by atoms with E-state index in [0.29, 0.717) is 19.7 Å². The van der Waals surface area contributed by atoms with Gasteiger partial charge >= 0.3 is 5.97 Å². The lowest BCUT2D eigenvalue weighted by Crippen LogP contribution is -2.38. The number of ether oxygens (including phenoxy) is 1. The number of esters is 1. The minimum absolute atomic E-state index is 0.316. The Morgan fingerprint density at radius 2 is 2.19 bits per heavy atom. The van der Waals surface area contributed by atoms with Crippen molar-refractivity contribution in [1.82, 2.24) is 5.32 Å². The van der Waals surface area contributed by atoms with Gasteiger partial charge in [-0.25, -0.2) is 4.79 Å². The zero-order valence-electron chi connectivity index (χ0n) is 9.87. The van der Waals surface area contributed by atoms with Gasteiger partial charge in [-0.05, 0) is 19.8 Å². The van der Waals surface area contributed by atoms with Crippen molar-refractivity contribution in [3.63, 3.8) is 0 Å². The number of hydrogen-bond acceptors (Lipinski definition) is 4. The Hall–Kier alpha value is -0.870. The van der Waals surface area contributed by atoms with Gasteiger partial charge in [0.2, 0.25) is 0 Å². The zero-order valence-corrected chi connectivity index (χ0v) is 9.87. The number of aliphatic hydroxyl groups is 1. The third-order valence-corrected chi connectivity index (χ3v) is 2.79. The second-order valence-corrected chi connectivity index (χ2v) is 4.22. The van der Waals surface area contributed by atoms with Gasteiger partial charge < -0.3 is 15.2 Å². The van der Waals surface area contributed by atoms with E-state index in [4.69, 9.17) is 4.74 Å². The maximum atomic E-state index is 10.9. The largest absolute Gasteiger partial charge is 0.463 e. The number of nitrogens with one attached hydrogen (secondary N) is 1. The van der Waals surface area contributed by atoms with E-state index in [2.05, 4.69) is 5.32 Å². The van der Waals surface area contributed by atoms with Crippen LogP contribution in [0, 0.1) is 0 Å². The maximum Gasteiger partial charge on any atom is 0.330 e. The highest BCUT2D eigenvalue weighted by molar-refractivity contribution is 5.81. The monoisotopic (exact) mass is 227 g/mol. The predicted octanol–water partition coefficient (Wildman–Crippen LogP) is 1.00. The van der Waals surface area contributed by atoms with Crippen LogP contribution in [0.4, 0.5) is 0 Å². The van der Waals surface area contributed by atoms with E-state index in [1.807, 2.05) is 0 Å². The average Bonchev–Trinajstić information content (AvgIpc) is 2.65. The first-order chi connectivity index (χ1) is 7.66. The van der Waals surface area contributed by atoms with E-state index in [1.165, 1.54) is 6.08 Å². The number of carbonyl (C=O) groups excluding carboxylic acids is 1. The molecule has 0 heterocycles. The second kappa shape index (κ2) is 6.66. The van der Waals surface area contributed by atoms with Crippen LogP contribution < -0.4 is 5.32 Å². The Morgan fingerprint density at radius 3 is 2.81 bits per heavy atom. The van der Waals surface area contributed by atoms with Gasteiger partial charge in [0.15, 0.2) is 0 Å². The summed E-state index contributed by atoms with van der Waals surface area (Å²) in [4.78, 5) is 10.9. The molecule has 0 aromatic carbocycles. The van der Waals surface area contributed by atoms with E-state index in [0.717, 1.165) is 25.7 Å². The average molecular weight is 227 g/mol. The first kappa shape index (κ1) is 13.2. The van der Waals surface area contributed by atoms with Gasteiger partial charge in [0, 0.05) is 19.2 Å². The highest BCUT2D eigenvalue weighted by atomic mass is 16.5. The van der Waals surface area contributed by atoms with Crippen molar-refractivity contribution in [2.24, 2.45) is 0 Å². The summed E-state index contributed by atoms with van der Waals surface area (Å²) in [6.07, 6.45) is 7.10. The Morgan fingerprint density at radius 1 is 1.50 bits per heavy atom. The Balaban J connectivity index is 2.09. The summed E-state index contributed by atoms with van der Waals surface area (Å²) >= 11 is 0. The molecule has 16 heavy (non-hydrogen) atoms. The lowest BCUT2D eigenvalue weighted by Gasteiger charge is -2.21. The van der Waals surface area contributed by atoms with Crippen LogP contribution in [0.25, 0.3) is 0 Å². The molecule has 0 aliphatic heterocycles. The van der Waals surface area contributed by atoms with Crippen molar-refractivity contribution in [3.8, 4) is 0 Å². The molecule has 1 fully saturated rings. The first-order valence-corrected chi connectivity index (χ1v) is 5.93. The molecule has 0 aromatic heterocycles. The molecular formula is C12H21NO3. The molecule has 4 heteroatoms. The van der Waals surface area contributed by atoms with Crippen molar-refractivity contribution >= 4 is 5.97 Å². The van der Waals surface area contributed by atoms with Crippen LogP contribution >= 0.6 is 0 Å². The van der Waals surface area contributed by atoms with Crippen molar-refractivity contribution in [1.29, 1.82) is 0 Å². The van der Waals surface area contributed by atoms with Crippen LogP contribution in [-0.2, 0) is 9.53 Å². The van der Waals surface area contributed by atoms with Gasteiger partial charge in [0.05, 0.1) is 12.2 Å². The standard InChI is InChI=1S/C12H21NO3/c1-2-16-11(14)6-5-9-13-10-12(15)7-3-4-8-12/h5-6,13,15H,2-4,7-10H2,1H3/b6-5+. The van der Waals surface area contributed by atoms with Crippen molar-refractivity contribution in [3.05, 3.63) is 12.2 Å². The molecule has 1 rings (SSSR count). The molecule has 0 spiro atoms. The molecule has 0 atom stereocenters. The number of hydrogen-bond donors (Lipinski definition) is 2. The summed E-state index contributed by atoms with van der Waals surface area (Å²) in [5.74, 6) is -0.316. The fourth-order valence-corrected chi connectivity index (χ4v) is 1.94. The number of rotatable bonds is 6. The van der Waals surface area contributed by atoms with Crippen LogP contribution in [0.3, 0.4) is 0 Å². The fourth-order valence-electron chi connectivity index (χ4n) is 1.94. The molecule has 0 amide bonds. The fraction of sp³-hybridized carbons (Fsp3) is 0.750. The molecule has 92 valence electrons. The van der Waals surface area contributed by atoms with E-state index in [1.54, 1.807) is 13.0 Å². The smallest absolute Gasteiger partial charge is 0.330 e. The van der Waals surface area contributed by atoms with Crippen LogP contribution in [0.2, 0.25) is 0 Å². The molecular weight excluding hydrogens is 206 g/mol. The highest BCUT2D eigenvalue weighted by Gasteiger charge is 2.29. The topological polar surface area (TPSA) is 58.6 Å². The molecule has 0 radical (unpaired) electrons. The maximum absolute atomic E-state index is 10.9. The Kier molecular flexibility index (Phi) is 5.49. The van der Waals surface area contributed by atoms with E-state index in [-0.39, 0.29) is 5.97 Å². The summed E-state index contributed by atoms with van der Waals surface area (Å²) in [7, 11) is 0. The summed E-state index contributed by atoms with van der Waals surface area (Å²) in [6, 6.07) is 0. The van der Waals surface area contributed by atoms with Gasteiger partial charge in [0.1, 0.15) is 0 Å². The van der Waals surface area contributed by atoms with Crippen molar-refractivity contribution < 1.29 is 14.6 Å². The minimum Gasteiger partial charge on any atom is -0.463 e. The van der Waals surface area contributed by atoms with E-state index in [9.17, 15) is 9.90 Å². The first-order valence-electron chi connectivity index (χ1n) is 5.93.